The summed E-state index contributed by atoms with van der Waals surface area (Å²) in [4.78, 5) is 22.5. The lowest BCUT2D eigenvalue weighted by Crippen LogP contribution is -2.48. The van der Waals surface area contributed by atoms with Gasteiger partial charge in [-0.2, -0.15) is 0 Å². The van der Waals surface area contributed by atoms with Crippen molar-refractivity contribution < 1.29 is 19.4 Å². The van der Waals surface area contributed by atoms with E-state index in [0.29, 0.717) is 12.5 Å². The monoisotopic (exact) mass is 294 g/mol. The normalized spacial score (nSPS) is 12.0. The van der Waals surface area contributed by atoms with Crippen molar-refractivity contribution in [3.63, 3.8) is 0 Å². The van der Waals surface area contributed by atoms with Crippen LogP contribution in [0.2, 0.25) is 0 Å². The van der Waals surface area contributed by atoms with E-state index in [1.807, 2.05) is 24.3 Å². The Kier molecular flexibility index (Phi) is 6.68. The van der Waals surface area contributed by atoms with Crippen LogP contribution in [-0.2, 0) is 16.1 Å². The van der Waals surface area contributed by atoms with Gasteiger partial charge in [-0.15, -0.1) is 0 Å². The molecule has 1 aromatic rings. The molecule has 0 aliphatic rings. The quantitative estimate of drug-likeness (QED) is 0.714. The standard InChI is InChI=1S/C15H22N2O4/c1-10(2)12-6-4-11(5-7-12)8-16-15(20)17-13(9-21-3)14(18)19/h4-7,10,13H,8-9H2,1-3H3,(H,18,19)(H2,16,17,20). The van der Waals surface area contributed by atoms with E-state index in [9.17, 15) is 9.59 Å². The zero-order valence-electron chi connectivity index (χ0n) is 12.6. The molecule has 0 aliphatic carbocycles. The van der Waals surface area contributed by atoms with Crippen LogP contribution >= 0.6 is 0 Å². The molecule has 6 heteroatoms. The van der Waals surface area contributed by atoms with Crippen molar-refractivity contribution in [1.82, 2.24) is 10.6 Å². The smallest absolute Gasteiger partial charge is 0.328 e. The van der Waals surface area contributed by atoms with Crippen LogP contribution in [0.4, 0.5) is 4.79 Å². The van der Waals surface area contributed by atoms with Gasteiger partial charge < -0.3 is 20.5 Å². The Bertz CT molecular complexity index is 471. The summed E-state index contributed by atoms with van der Waals surface area (Å²) in [6, 6.07) is 6.33. The summed E-state index contributed by atoms with van der Waals surface area (Å²) < 4.78 is 4.74. The van der Waals surface area contributed by atoms with Crippen LogP contribution in [0.15, 0.2) is 24.3 Å². The Morgan fingerprint density at radius 1 is 1.24 bits per heavy atom. The molecule has 2 amide bonds. The third-order valence-corrected chi connectivity index (χ3v) is 3.04. The van der Waals surface area contributed by atoms with Gasteiger partial charge in [0, 0.05) is 13.7 Å². The fourth-order valence-electron chi connectivity index (χ4n) is 1.75. The molecule has 1 aromatic carbocycles. The highest BCUT2D eigenvalue weighted by Gasteiger charge is 2.19. The molecule has 0 saturated carbocycles. The number of methoxy groups -OCH3 is 1. The number of rotatable bonds is 7. The summed E-state index contributed by atoms with van der Waals surface area (Å²) in [7, 11) is 1.38. The molecule has 0 radical (unpaired) electrons. The average Bonchev–Trinajstić information content (AvgIpc) is 2.45. The van der Waals surface area contributed by atoms with Gasteiger partial charge in [-0.25, -0.2) is 9.59 Å². The van der Waals surface area contributed by atoms with Gasteiger partial charge in [0.05, 0.1) is 6.61 Å². The highest BCUT2D eigenvalue weighted by molar-refractivity contribution is 5.82. The van der Waals surface area contributed by atoms with Crippen molar-refractivity contribution in [3.8, 4) is 0 Å². The molecule has 116 valence electrons. The number of carboxylic acid groups (broad SMARTS) is 1. The molecular weight excluding hydrogens is 272 g/mol. The number of amides is 2. The van der Waals surface area contributed by atoms with Crippen molar-refractivity contribution in [2.45, 2.75) is 32.4 Å². The SMILES string of the molecule is COCC(NC(=O)NCc1ccc(C(C)C)cc1)C(=O)O. The number of hydrogen-bond acceptors (Lipinski definition) is 3. The number of carboxylic acids is 1. The Morgan fingerprint density at radius 2 is 1.86 bits per heavy atom. The molecule has 21 heavy (non-hydrogen) atoms. The molecule has 6 nitrogen and oxygen atoms in total. The van der Waals surface area contributed by atoms with Gasteiger partial charge in [0.2, 0.25) is 0 Å². The maximum Gasteiger partial charge on any atom is 0.328 e. The molecule has 1 atom stereocenters. The molecule has 1 unspecified atom stereocenters. The summed E-state index contributed by atoms with van der Waals surface area (Å²) in [6.45, 7) is 4.49. The molecular formula is C15H22N2O4. The average molecular weight is 294 g/mol. The number of carbonyl (C=O) groups is 2. The number of nitrogens with one attached hydrogen (secondary N) is 2. The van der Waals surface area contributed by atoms with Gasteiger partial charge in [-0.05, 0) is 17.0 Å². The predicted octanol–water partition coefficient (Wildman–Crippen LogP) is 1.71. The Balaban J connectivity index is 2.46. The molecule has 0 saturated heterocycles. The molecule has 0 fully saturated rings. The number of carbonyl (C=O) groups excluding carboxylic acids is 1. The molecule has 0 spiro atoms. The first-order chi connectivity index (χ1) is 9.93. The summed E-state index contributed by atoms with van der Waals surface area (Å²) in [6.07, 6.45) is 0. The van der Waals surface area contributed by atoms with E-state index in [1.165, 1.54) is 12.7 Å². The van der Waals surface area contributed by atoms with E-state index in [-0.39, 0.29) is 6.61 Å². The van der Waals surface area contributed by atoms with Crippen LogP contribution in [0.5, 0.6) is 0 Å². The minimum absolute atomic E-state index is 0.0775. The van der Waals surface area contributed by atoms with E-state index in [4.69, 9.17) is 9.84 Å². The van der Waals surface area contributed by atoms with Gasteiger partial charge in [-0.3, -0.25) is 0 Å². The first kappa shape index (κ1) is 17.0. The maximum atomic E-state index is 11.6. The van der Waals surface area contributed by atoms with Crippen molar-refractivity contribution >= 4 is 12.0 Å². The topological polar surface area (TPSA) is 87.7 Å². The van der Waals surface area contributed by atoms with E-state index in [2.05, 4.69) is 24.5 Å². The second-order valence-corrected chi connectivity index (χ2v) is 5.07. The summed E-state index contributed by atoms with van der Waals surface area (Å²) in [5, 5.41) is 13.9. The molecule has 0 aliphatic heterocycles. The molecule has 1 rings (SSSR count). The molecule has 0 aromatic heterocycles. The van der Waals surface area contributed by atoms with Crippen molar-refractivity contribution in [2.24, 2.45) is 0 Å². The molecule has 0 heterocycles. The highest BCUT2D eigenvalue weighted by atomic mass is 16.5. The first-order valence-electron chi connectivity index (χ1n) is 6.79. The van der Waals surface area contributed by atoms with Crippen molar-refractivity contribution in [2.75, 3.05) is 13.7 Å². The van der Waals surface area contributed by atoms with Crippen LogP contribution in [0, 0.1) is 0 Å². The Hall–Kier alpha value is -2.08. The first-order valence-corrected chi connectivity index (χ1v) is 6.79. The van der Waals surface area contributed by atoms with Gasteiger partial charge in [0.25, 0.3) is 0 Å². The van der Waals surface area contributed by atoms with Crippen LogP contribution < -0.4 is 10.6 Å². The number of hydrogen-bond donors (Lipinski definition) is 3. The third kappa shape index (κ3) is 5.83. The number of ether oxygens (including phenoxy) is 1. The number of urea groups is 1. The van der Waals surface area contributed by atoms with Crippen LogP contribution in [-0.4, -0.2) is 36.9 Å². The van der Waals surface area contributed by atoms with E-state index in [1.54, 1.807) is 0 Å². The Morgan fingerprint density at radius 3 is 2.33 bits per heavy atom. The van der Waals surface area contributed by atoms with Crippen LogP contribution in [0.25, 0.3) is 0 Å². The fraction of sp³-hybridized carbons (Fsp3) is 0.467. The van der Waals surface area contributed by atoms with E-state index >= 15 is 0 Å². The minimum atomic E-state index is -1.13. The van der Waals surface area contributed by atoms with Crippen molar-refractivity contribution in [1.29, 1.82) is 0 Å². The number of aliphatic carboxylic acids is 1. The lowest BCUT2D eigenvalue weighted by atomic mass is 10.0. The summed E-state index contributed by atoms with van der Waals surface area (Å²) >= 11 is 0. The van der Waals surface area contributed by atoms with Gasteiger partial charge in [0.15, 0.2) is 6.04 Å². The largest absolute Gasteiger partial charge is 0.480 e. The summed E-state index contributed by atoms with van der Waals surface area (Å²) in [5.41, 5.74) is 2.18. The summed E-state index contributed by atoms with van der Waals surface area (Å²) in [5.74, 6) is -0.672. The molecule has 3 N–H and O–H groups in total. The second-order valence-electron chi connectivity index (χ2n) is 5.07. The van der Waals surface area contributed by atoms with E-state index in [0.717, 1.165) is 5.56 Å². The minimum Gasteiger partial charge on any atom is -0.480 e. The highest BCUT2D eigenvalue weighted by Crippen LogP contribution is 2.14. The fourth-order valence-corrected chi connectivity index (χ4v) is 1.75. The number of benzene rings is 1. The van der Waals surface area contributed by atoms with Gasteiger partial charge in [0.1, 0.15) is 0 Å². The third-order valence-electron chi connectivity index (χ3n) is 3.04. The lowest BCUT2D eigenvalue weighted by molar-refractivity contribution is -0.140. The van der Waals surface area contributed by atoms with Gasteiger partial charge in [-0.1, -0.05) is 38.1 Å². The maximum absolute atomic E-state index is 11.6. The van der Waals surface area contributed by atoms with Gasteiger partial charge >= 0.3 is 12.0 Å². The second kappa shape index (κ2) is 8.26. The van der Waals surface area contributed by atoms with Crippen molar-refractivity contribution in [3.05, 3.63) is 35.4 Å². The molecule has 0 bridgehead atoms. The Labute approximate surface area is 124 Å². The zero-order chi connectivity index (χ0) is 15.8. The van der Waals surface area contributed by atoms with Crippen LogP contribution in [0.3, 0.4) is 0 Å². The van der Waals surface area contributed by atoms with E-state index < -0.39 is 18.0 Å². The predicted molar refractivity (Wildman–Crippen MR) is 79.2 cm³/mol. The lowest BCUT2D eigenvalue weighted by Gasteiger charge is -2.14. The van der Waals surface area contributed by atoms with Crippen LogP contribution in [0.1, 0.15) is 30.9 Å². The zero-order valence-corrected chi connectivity index (χ0v) is 12.6.